The van der Waals surface area contributed by atoms with Gasteiger partial charge in [-0.05, 0) is 61.9 Å². The summed E-state index contributed by atoms with van der Waals surface area (Å²) in [7, 11) is 0. The summed E-state index contributed by atoms with van der Waals surface area (Å²) in [4.78, 5) is 34.2. The van der Waals surface area contributed by atoms with Crippen molar-refractivity contribution >= 4 is 23.2 Å². The molecule has 3 aromatic rings. The van der Waals surface area contributed by atoms with E-state index in [1.54, 1.807) is 10.3 Å². The number of ether oxygens (including phenoxy) is 1. The highest BCUT2D eigenvalue weighted by Crippen LogP contribution is 2.38. The molecule has 1 aliphatic rings. The van der Waals surface area contributed by atoms with Gasteiger partial charge in [0.05, 0.1) is 6.04 Å². The number of aryl methyl sites for hydroxylation is 1. The zero-order chi connectivity index (χ0) is 26.5. The monoisotopic (exact) mass is 519 g/mol. The number of fused-ring (bicyclic) bond motifs is 1. The number of thiazole rings is 1. The van der Waals surface area contributed by atoms with Crippen molar-refractivity contribution in [2.24, 2.45) is 5.92 Å². The van der Waals surface area contributed by atoms with Crippen LogP contribution in [0.3, 0.4) is 0 Å². The minimum Gasteiger partial charge on any atom is -0.486 e. The van der Waals surface area contributed by atoms with Crippen LogP contribution in [0.5, 0.6) is 5.75 Å². The highest BCUT2D eigenvalue weighted by molar-refractivity contribution is 7.09. The van der Waals surface area contributed by atoms with Crippen molar-refractivity contribution in [2.75, 3.05) is 19.6 Å². The average Bonchev–Trinajstić information content (AvgIpc) is 3.36. The van der Waals surface area contributed by atoms with Crippen LogP contribution in [0.1, 0.15) is 77.9 Å². The fourth-order valence-electron chi connectivity index (χ4n) is 4.82. The first-order chi connectivity index (χ1) is 17.8. The lowest BCUT2D eigenvalue weighted by molar-refractivity contribution is -0.134. The van der Waals surface area contributed by atoms with Gasteiger partial charge in [0.2, 0.25) is 5.91 Å². The highest BCUT2D eigenvalue weighted by Gasteiger charge is 2.32. The van der Waals surface area contributed by atoms with Gasteiger partial charge in [-0.15, -0.1) is 11.3 Å². The molecule has 1 aromatic heterocycles. The first kappa shape index (κ1) is 26.9. The molecule has 0 bridgehead atoms. The van der Waals surface area contributed by atoms with E-state index in [4.69, 9.17) is 4.74 Å². The molecule has 4 rings (SSSR count). The largest absolute Gasteiger partial charge is 0.486 e. The Labute approximate surface area is 224 Å². The molecule has 0 saturated carbocycles. The zero-order valence-corrected chi connectivity index (χ0v) is 23.3. The Morgan fingerprint density at radius 3 is 2.54 bits per heavy atom. The van der Waals surface area contributed by atoms with Crippen LogP contribution >= 0.6 is 11.3 Å². The number of benzene rings is 2. The standard InChI is InChI=1S/C30H37N3O3S/c1-6-32(7-2)30(35)26-19-37-27(31-26)18-36-24-13-12-22-14-15-33(28(34)16-20(3)4)29(25(22)17-24)23-10-8-21(5)9-11-23/h8-13,17,19-20,29H,6-7,14-16,18H2,1-5H3/t29-/m0/s1. The van der Waals surface area contributed by atoms with E-state index in [-0.39, 0.29) is 17.9 Å². The quantitative estimate of drug-likeness (QED) is 0.346. The molecule has 0 radical (unpaired) electrons. The molecule has 0 fully saturated rings. The molecule has 0 N–H and O–H groups in total. The van der Waals surface area contributed by atoms with E-state index in [1.165, 1.54) is 22.5 Å². The Hall–Kier alpha value is -3.19. The molecule has 0 spiro atoms. The van der Waals surface area contributed by atoms with Crippen LogP contribution in [-0.2, 0) is 17.8 Å². The average molecular weight is 520 g/mol. The van der Waals surface area contributed by atoms with Gasteiger partial charge in [-0.2, -0.15) is 0 Å². The minimum absolute atomic E-state index is 0.0478. The predicted molar refractivity (Wildman–Crippen MR) is 148 cm³/mol. The Balaban J connectivity index is 1.57. The van der Waals surface area contributed by atoms with Crippen molar-refractivity contribution in [3.8, 4) is 5.75 Å². The van der Waals surface area contributed by atoms with Gasteiger partial charge in [-0.1, -0.05) is 49.7 Å². The predicted octanol–water partition coefficient (Wildman–Crippen LogP) is 6.03. The van der Waals surface area contributed by atoms with Crippen molar-refractivity contribution < 1.29 is 14.3 Å². The maximum absolute atomic E-state index is 13.3. The van der Waals surface area contributed by atoms with Gasteiger partial charge in [0.15, 0.2) is 0 Å². The topological polar surface area (TPSA) is 62.7 Å². The smallest absolute Gasteiger partial charge is 0.273 e. The van der Waals surface area contributed by atoms with E-state index in [9.17, 15) is 9.59 Å². The van der Waals surface area contributed by atoms with Crippen molar-refractivity contribution in [3.05, 3.63) is 80.8 Å². The molecule has 0 saturated heterocycles. The Kier molecular flexibility index (Phi) is 8.64. The van der Waals surface area contributed by atoms with Gasteiger partial charge in [0.1, 0.15) is 23.1 Å². The van der Waals surface area contributed by atoms with Gasteiger partial charge < -0.3 is 14.5 Å². The number of nitrogens with zero attached hydrogens (tertiary/aromatic N) is 3. The van der Waals surface area contributed by atoms with Crippen LogP contribution in [0.15, 0.2) is 47.8 Å². The van der Waals surface area contributed by atoms with Crippen molar-refractivity contribution in [3.63, 3.8) is 0 Å². The SMILES string of the molecule is CCN(CC)C(=O)c1csc(COc2ccc3c(c2)[C@H](c2ccc(C)cc2)N(C(=O)CC(C)C)CC3)n1. The van der Waals surface area contributed by atoms with Crippen molar-refractivity contribution in [1.82, 2.24) is 14.8 Å². The first-order valence-electron chi connectivity index (χ1n) is 13.2. The summed E-state index contributed by atoms with van der Waals surface area (Å²) in [6, 6.07) is 14.5. The van der Waals surface area contributed by atoms with E-state index < -0.39 is 0 Å². The number of hydrogen-bond acceptors (Lipinski definition) is 5. The van der Waals surface area contributed by atoms with Crippen molar-refractivity contribution in [1.29, 1.82) is 0 Å². The van der Waals surface area contributed by atoms with Gasteiger partial charge in [0.25, 0.3) is 5.91 Å². The number of carbonyl (C=O) groups excluding carboxylic acids is 2. The summed E-state index contributed by atoms with van der Waals surface area (Å²) in [5.74, 6) is 1.18. The van der Waals surface area contributed by atoms with Crippen LogP contribution in [0.25, 0.3) is 0 Å². The number of aromatic nitrogens is 1. The number of rotatable bonds is 9. The van der Waals surface area contributed by atoms with Crippen LogP contribution in [-0.4, -0.2) is 46.2 Å². The summed E-state index contributed by atoms with van der Waals surface area (Å²) in [5.41, 5.74) is 5.13. The van der Waals surface area contributed by atoms with Crippen LogP contribution in [0, 0.1) is 12.8 Å². The second kappa shape index (κ2) is 11.9. The Morgan fingerprint density at radius 1 is 1.14 bits per heavy atom. The van der Waals surface area contributed by atoms with E-state index in [2.05, 4.69) is 62.2 Å². The number of amides is 2. The first-order valence-corrected chi connectivity index (χ1v) is 14.0. The molecule has 2 aromatic carbocycles. The zero-order valence-electron chi connectivity index (χ0n) is 22.5. The third-order valence-corrected chi connectivity index (χ3v) is 7.65. The molecule has 0 aliphatic carbocycles. The second-order valence-electron chi connectivity index (χ2n) is 10.0. The van der Waals surface area contributed by atoms with Gasteiger partial charge in [-0.3, -0.25) is 9.59 Å². The highest BCUT2D eigenvalue weighted by atomic mass is 32.1. The second-order valence-corrected chi connectivity index (χ2v) is 10.9. The van der Waals surface area contributed by atoms with Gasteiger partial charge >= 0.3 is 0 Å². The third kappa shape index (κ3) is 6.21. The molecule has 2 amide bonds. The summed E-state index contributed by atoms with van der Waals surface area (Å²) < 4.78 is 6.15. The molecular weight excluding hydrogens is 482 g/mol. The fourth-order valence-corrected chi connectivity index (χ4v) is 5.50. The van der Waals surface area contributed by atoms with E-state index in [1.807, 2.05) is 24.8 Å². The molecule has 0 unspecified atom stereocenters. The molecule has 2 heterocycles. The van der Waals surface area contributed by atoms with Gasteiger partial charge in [0, 0.05) is 31.4 Å². The third-order valence-electron chi connectivity index (χ3n) is 6.83. The summed E-state index contributed by atoms with van der Waals surface area (Å²) in [5, 5.41) is 2.56. The molecular formula is C30H37N3O3S. The fraction of sp³-hybridized carbons (Fsp3) is 0.433. The normalized spacial score (nSPS) is 15.0. The minimum atomic E-state index is -0.141. The molecule has 1 aliphatic heterocycles. The lowest BCUT2D eigenvalue weighted by Gasteiger charge is -2.38. The Bertz CT molecular complexity index is 1230. The maximum atomic E-state index is 13.3. The van der Waals surface area contributed by atoms with Crippen LogP contribution in [0.4, 0.5) is 0 Å². The number of carbonyl (C=O) groups is 2. The molecule has 6 nitrogen and oxygen atoms in total. The summed E-state index contributed by atoms with van der Waals surface area (Å²) in [6.07, 6.45) is 1.36. The van der Waals surface area contributed by atoms with Gasteiger partial charge in [-0.25, -0.2) is 4.98 Å². The molecule has 196 valence electrons. The summed E-state index contributed by atoms with van der Waals surface area (Å²) in [6.45, 7) is 12.5. The number of hydrogen-bond donors (Lipinski definition) is 0. The van der Waals surface area contributed by atoms with Crippen molar-refractivity contribution in [2.45, 2.75) is 60.1 Å². The maximum Gasteiger partial charge on any atom is 0.273 e. The van der Waals surface area contributed by atoms with E-state index in [0.717, 1.165) is 28.3 Å². The van der Waals surface area contributed by atoms with Crippen LogP contribution in [0.2, 0.25) is 0 Å². The lowest BCUT2D eigenvalue weighted by Crippen LogP contribution is -2.41. The summed E-state index contributed by atoms with van der Waals surface area (Å²) >= 11 is 1.44. The molecule has 1 atom stereocenters. The van der Waals surface area contributed by atoms with E-state index in [0.29, 0.717) is 44.3 Å². The molecule has 7 heteroatoms. The van der Waals surface area contributed by atoms with E-state index >= 15 is 0 Å². The Morgan fingerprint density at radius 2 is 1.86 bits per heavy atom. The molecule has 37 heavy (non-hydrogen) atoms. The lowest BCUT2D eigenvalue weighted by atomic mass is 9.87. The van der Waals surface area contributed by atoms with Crippen LogP contribution < -0.4 is 4.74 Å².